The minimum absolute atomic E-state index is 0.289. The van der Waals surface area contributed by atoms with E-state index in [2.05, 4.69) is 15.7 Å². The zero-order chi connectivity index (χ0) is 22.2. The van der Waals surface area contributed by atoms with Crippen molar-refractivity contribution in [2.75, 3.05) is 25.4 Å². The van der Waals surface area contributed by atoms with Crippen LogP contribution in [0.1, 0.15) is 20.7 Å². The van der Waals surface area contributed by atoms with Crippen LogP contribution in [0.2, 0.25) is 0 Å². The first-order valence-corrected chi connectivity index (χ1v) is 9.11. The maximum Gasteiger partial charge on any atom is 0.362 e. The van der Waals surface area contributed by atoms with Gasteiger partial charge in [0, 0.05) is 11.3 Å². The lowest BCUT2D eigenvalue weighted by molar-refractivity contribution is 0.0596. The van der Waals surface area contributed by atoms with Gasteiger partial charge in [-0.25, -0.2) is 10.3 Å². The molecule has 0 saturated heterocycles. The number of hydrogen-bond donors (Lipinski definition) is 2. The molecule has 31 heavy (non-hydrogen) atoms. The van der Waals surface area contributed by atoms with Crippen LogP contribution in [0.15, 0.2) is 77.0 Å². The third kappa shape index (κ3) is 5.57. The van der Waals surface area contributed by atoms with Crippen molar-refractivity contribution in [2.45, 2.75) is 0 Å². The van der Waals surface area contributed by atoms with Crippen LogP contribution in [0.25, 0.3) is 0 Å². The highest BCUT2D eigenvalue weighted by molar-refractivity contribution is 5.95. The summed E-state index contributed by atoms with van der Waals surface area (Å²) >= 11 is 0. The Labute approximate surface area is 178 Å². The Bertz CT molecular complexity index is 1100. The van der Waals surface area contributed by atoms with Crippen LogP contribution >= 0.6 is 0 Å². The zero-order valence-electron chi connectivity index (χ0n) is 16.9. The molecule has 0 saturated carbocycles. The Balaban J connectivity index is 1.57. The van der Waals surface area contributed by atoms with E-state index in [0.29, 0.717) is 34.1 Å². The number of amides is 1. The second-order valence-corrected chi connectivity index (χ2v) is 6.24. The van der Waals surface area contributed by atoms with Crippen LogP contribution in [0.3, 0.4) is 0 Å². The number of nitrogens with two attached hydrogens (primary N) is 1. The van der Waals surface area contributed by atoms with Crippen molar-refractivity contribution >= 4 is 28.9 Å². The summed E-state index contributed by atoms with van der Waals surface area (Å²) in [5.41, 5.74) is 10.4. The summed E-state index contributed by atoms with van der Waals surface area (Å²) in [5.74, 6) is -0.156. The number of nitrogens with one attached hydrogen (secondary N) is 1. The smallest absolute Gasteiger partial charge is 0.362 e. The molecule has 0 radical (unpaired) electrons. The number of carbonyl (C=O) groups excluding carboxylic acids is 2. The first-order chi connectivity index (χ1) is 15.0. The van der Waals surface area contributed by atoms with Crippen LogP contribution in [0.4, 0.5) is 17.1 Å². The van der Waals surface area contributed by atoms with Gasteiger partial charge in [0.05, 0.1) is 31.2 Å². The van der Waals surface area contributed by atoms with E-state index in [0.717, 1.165) is 0 Å². The molecular weight excluding hydrogens is 400 g/mol. The van der Waals surface area contributed by atoms with Gasteiger partial charge in [-0.1, -0.05) is 0 Å². The predicted molar refractivity (Wildman–Crippen MR) is 115 cm³/mol. The second-order valence-electron chi connectivity index (χ2n) is 6.24. The van der Waals surface area contributed by atoms with E-state index in [1.165, 1.54) is 20.3 Å². The molecule has 0 aliphatic rings. The highest BCUT2D eigenvalue weighted by Crippen LogP contribution is 2.28. The van der Waals surface area contributed by atoms with Gasteiger partial charge in [-0.05, 0) is 66.7 Å². The fraction of sp³-hybridized carbons (Fsp3) is 0.0909. The summed E-state index contributed by atoms with van der Waals surface area (Å²) in [6, 6.07) is 17.6. The van der Waals surface area contributed by atoms with Crippen molar-refractivity contribution in [3.8, 4) is 11.5 Å². The van der Waals surface area contributed by atoms with Gasteiger partial charge >= 0.3 is 5.97 Å². The van der Waals surface area contributed by atoms with Gasteiger partial charge in [-0.2, -0.15) is 0 Å². The number of anilines is 2. The van der Waals surface area contributed by atoms with Crippen molar-refractivity contribution in [1.82, 2.24) is 0 Å². The van der Waals surface area contributed by atoms with E-state index in [-0.39, 0.29) is 5.56 Å². The first-order valence-electron chi connectivity index (χ1n) is 9.11. The molecule has 0 spiro atoms. The molecule has 158 valence electrons. The summed E-state index contributed by atoms with van der Waals surface area (Å²) in [4.78, 5) is 29.3. The first kappa shape index (κ1) is 21.3. The Kier molecular flexibility index (Phi) is 6.79. The lowest BCUT2D eigenvalue weighted by Gasteiger charge is -2.10. The Hall–Kier alpha value is -4.40. The monoisotopic (exact) mass is 420 g/mol. The summed E-state index contributed by atoms with van der Waals surface area (Å²) < 4.78 is 10.3. The molecule has 3 aromatic rings. The molecular formula is C22H20N4O5. The van der Waals surface area contributed by atoms with Crippen molar-refractivity contribution in [3.05, 3.63) is 77.9 Å². The number of methoxy groups -OCH3 is 2. The number of nitrogen functional groups attached to an aromatic ring is 1. The molecule has 0 bridgehead atoms. The molecule has 0 fully saturated rings. The largest absolute Gasteiger partial charge is 0.493 e. The van der Waals surface area contributed by atoms with Gasteiger partial charge in [0.15, 0.2) is 11.5 Å². The number of carbonyl (C=O) groups is 2. The lowest BCUT2D eigenvalue weighted by Crippen LogP contribution is -2.11. The number of hydrogen-bond acceptors (Lipinski definition) is 8. The summed E-state index contributed by atoms with van der Waals surface area (Å²) in [6.07, 6.45) is 0. The van der Waals surface area contributed by atoms with E-state index in [1.807, 2.05) is 0 Å². The van der Waals surface area contributed by atoms with E-state index >= 15 is 0 Å². The highest BCUT2D eigenvalue weighted by Gasteiger charge is 2.12. The lowest BCUT2D eigenvalue weighted by atomic mass is 10.2. The normalized spacial score (nSPS) is 10.5. The summed E-state index contributed by atoms with van der Waals surface area (Å²) in [6.45, 7) is 0. The maximum atomic E-state index is 12.2. The topological polar surface area (TPSA) is 125 Å². The van der Waals surface area contributed by atoms with Gasteiger partial charge in [0.25, 0.3) is 5.91 Å². The molecule has 0 unspecified atom stereocenters. The fourth-order valence-electron chi connectivity index (χ4n) is 2.51. The SMILES string of the molecule is COc1ccc(C(=O)ONc2ccc(N=NC(=O)c3ccc(N)cc3)cc2)cc1OC. The standard InChI is InChI=1S/C22H20N4O5/c1-29-19-12-5-15(13-20(19)30-2)22(28)31-26-18-10-8-17(9-11-18)24-25-21(27)14-3-6-16(23)7-4-14/h3-13,26H,23H2,1-2H3. The number of rotatable bonds is 7. The Morgan fingerprint density at radius 2 is 1.48 bits per heavy atom. The van der Waals surface area contributed by atoms with Crippen molar-refractivity contribution in [1.29, 1.82) is 0 Å². The van der Waals surface area contributed by atoms with Gasteiger partial charge in [0.1, 0.15) is 0 Å². The second kappa shape index (κ2) is 9.88. The van der Waals surface area contributed by atoms with Crippen LogP contribution in [0, 0.1) is 0 Å². The molecule has 0 heterocycles. The van der Waals surface area contributed by atoms with Crippen LogP contribution in [0.5, 0.6) is 11.5 Å². The molecule has 9 heteroatoms. The van der Waals surface area contributed by atoms with Crippen LogP contribution < -0.4 is 20.7 Å². The molecule has 0 aliphatic carbocycles. The zero-order valence-corrected chi connectivity index (χ0v) is 16.9. The van der Waals surface area contributed by atoms with Crippen molar-refractivity contribution in [2.24, 2.45) is 10.2 Å². The molecule has 3 N–H and O–H groups in total. The average Bonchev–Trinajstić information content (AvgIpc) is 2.81. The van der Waals surface area contributed by atoms with Gasteiger partial charge in [-0.15, -0.1) is 10.2 Å². The number of azo groups is 1. The Morgan fingerprint density at radius 1 is 0.839 bits per heavy atom. The van der Waals surface area contributed by atoms with E-state index in [1.54, 1.807) is 60.7 Å². The molecule has 0 atom stereocenters. The number of nitrogens with zero attached hydrogens (tertiary/aromatic N) is 2. The third-order valence-corrected chi connectivity index (χ3v) is 4.16. The molecule has 1 amide bonds. The average molecular weight is 420 g/mol. The summed E-state index contributed by atoms with van der Waals surface area (Å²) in [7, 11) is 2.99. The van der Waals surface area contributed by atoms with Crippen LogP contribution in [-0.2, 0) is 4.84 Å². The highest BCUT2D eigenvalue weighted by atomic mass is 16.7. The fourth-order valence-corrected chi connectivity index (χ4v) is 2.51. The molecule has 0 aliphatic heterocycles. The third-order valence-electron chi connectivity index (χ3n) is 4.16. The Morgan fingerprint density at radius 3 is 2.13 bits per heavy atom. The quantitative estimate of drug-likeness (QED) is 0.330. The van der Waals surface area contributed by atoms with Crippen molar-refractivity contribution < 1.29 is 23.9 Å². The molecule has 0 aromatic heterocycles. The van der Waals surface area contributed by atoms with E-state index in [9.17, 15) is 9.59 Å². The van der Waals surface area contributed by atoms with Gasteiger partial charge < -0.3 is 20.0 Å². The maximum absolute atomic E-state index is 12.2. The van der Waals surface area contributed by atoms with Crippen LogP contribution in [-0.4, -0.2) is 26.1 Å². The van der Waals surface area contributed by atoms with Gasteiger partial charge in [-0.3, -0.25) is 4.79 Å². The minimum Gasteiger partial charge on any atom is -0.493 e. The van der Waals surface area contributed by atoms with Crippen molar-refractivity contribution in [3.63, 3.8) is 0 Å². The molecule has 3 rings (SSSR count). The minimum atomic E-state index is -0.598. The predicted octanol–water partition coefficient (Wildman–Crippen LogP) is 4.39. The van der Waals surface area contributed by atoms with E-state index < -0.39 is 11.9 Å². The summed E-state index contributed by atoms with van der Waals surface area (Å²) in [5, 5.41) is 7.59. The van der Waals surface area contributed by atoms with E-state index in [4.69, 9.17) is 20.0 Å². The number of benzene rings is 3. The van der Waals surface area contributed by atoms with Gasteiger partial charge in [0.2, 0.25) is 0 Å². The molecule has 9 nitrogen and oxygen atoms in total. The molecule has 3 aromatic carbocycles. The number of ether oxygens (including phenoxy) is 2.